The summed E-state index contributed by atoms with van der Waals surface area (Å²) in [6, 6.07) is 13.0. The molecule has 0 aliphatic carbocycles. The van der Waals surface area contributed by atoms with Crippen LogP contribution in [0.25, 0.3) is 10.6 Å². The SMILES string of the molecule is Cc1ccc(NC(=O)Cc2csc(-c3c(Cl)cccc3Cl)n2)cc1. The lowest BCUT2D eigenvalue weighted by Crippen LogP contribution is -2.14. The zero-order valence-electron chi connectivity index (χ0n) is 12.8. The van der Waals surface area contributed by atoms with Gasteiger partial charge in [0.05, 0.1) is 22.2 Å². The number of nitrogens with one attached hydrogen (secondary N) is 1. The van der Waals surface area contributed by atoms with Gasteiger partial charge in [-0.3, -0.25) is 4.79 Å². The van der Waals surface area contributed by atoms with Crippen LogP contribution in [0.5, 0.6) is 0 Å². The van der Waals surface area contributed by atoms with Crippen LogP contribution < -0.4 is 5.32 Å². The van der Waals surface area contributed by atoms with Gasteiger partial charge in [-0.1, -0.05) is 47.0 Å². The topological polar surface area (TPSA) is 42.0 Å². The maximum Gasteiger partial charge on any atom is 0.230 e. The number of halogens is 2. The first kappa shape index (κ1) is 17.0. The number of carbonyl (C=O) groups excluding carboxylic acids is 1. The molecule has 0 atom stereocenters. The highest BCUT2D eigenvalue weighted by molar-refractivity contribution is 7.13. The van der Waals surface area contributed by atoms with E-state index in [1.54, 1.807) is 18.2 Å². The van der Waals surface area contributed by atoms with E-state index in [9.17, 15) is 4.79 Å². The Hall–Kier alpha value is -1.88. The largest absolute Gasteiger partial charge is 0.326 e. The van der Waals surface area contributed by atoms with Gasteiger partial charge >= 0.3 is 0 Å². The van der Waals surface area contributed by atoms with Crippen molar-refractivity contribution in [3.63, 3.8) is 0 Å². The van der Waals surface area contributed by atoms with Crippen LogP contribution in [0.1, 0.15) is 11.3 Å². The molecule has 3 rings (SSSR count). The van der Waals surface area contributed by atoms with E-state index in [4.69, 9.17) is 23.2 Å². The van der Waals surface area contributed by atoms with Crippen LogP contribution in [-0.2, 0) is 11.2 Å². The summed E-state index contributed by atoms with van der Waals surface area (Å²) in [7, 11) is 0. The van der Waals surface area contributed by atoms with Gasteiger partial charge in [-0.05, 0) is 31.2 Å². The van der Waals surface area contributed by atoms with Crippen LogP contribution in [0, 0.1) is 6.92 Å². The molecule has 0 saturated heterocycles. The third kappa shape index (κ3) is 3.96. The smallest absolute Gasteiger partial charge is 0.230 e. The van der Waals surface area contributed by atoms with Gasteiger partial charge in [0.1, 0.15) is 5.01 Å². The quantitative estimate of drug-likeness (QED) is 0.642. The molecule has 1 heterocycles. The number of hydrogen-bond acceptors (Lipinski definition) is 3. The molecule has 1 amide bonds. The predicted molar refractivity (Wildman–Crippen MR) is 101 cm³/mol. The minimum Gasteiger partial charge on any atom is -0.326 e. The summed E-state index contributed by atoms with van der Waals surface area (Å²) in [6.45, 7) is 2.00. The van der Waals surface area contributed by atoms with Crippen LogP contribution in [0.15, 0.2) is 47.8 Å². The summed E-state index contributed by atoms with van der Waals surface area (Å²) in [5.74, 6) is -0.110. The second kappa shape index (κ2) is 7.34. The maximum atomic E-state index is 12.1. The summed E-state index contributed by atoms with van der Waals surface area (Å²) in [4.78, 5) is 16.6. The lowest BCUT2D eigenvalue weighted by Gasteiger charge is -2.04. The van der Waals surface area contributed by atoms with Crippen molar-refractivity contribution in [3.8, 4) is 10.6 Å². The average molecular weight is 377 g/mol. The van der Waals surface area contributed by atoms with Gasteiger partial charge in [-0.25, -0.2) is 4.98 Å². The molecule has 0 aliphatic heterocycles. The first-order chi connectivity index (χ1) is 11.5. The molecule has 3 aromatic rings. The fourth-order valence-electron chi connectivity index (χ4n) is 2.21. The molecular formula is C18H14Cl2N2OS. The molecule has 0 radical (unpaired) electrons. The Morgan fingerprint density at radius 2 is 1.79 bits per heavy atom. The number of benzene rings is 2. The Bertz CT molecular complexity index is 855. The molecule has 0 unspecified atom stereocenters. The lowest BCUT2D eigenvalue weighted by atomic mass is 10.2. The highest BCUT2D eigenvalue weighted by Crippen LogP contribution is 2.36. The summed E-state index contributed by atoms with van der Waals surface area (Å²) < 4.78 is 0. The number of aromatic nitrogens is 1. The van der Waals surface area contributed by atoms with Gasteiger partial charge in [0.15, 0.2) is 0 Å². The third-order valence-electron chi connectivity index (χ3n) is 3.41. The van der Waals surface area contributed by atoms with Crippen molar-refractivity contribution in [2.45, 2.75) is 13.3 Å². The van der Waals surface area contributed by atoms with Gasteiger partial charge in [0.25, 0.3) is 0 Å². The van der Waals surface area contributed by atoms with Crippen molar-refractivity contribution in [1.82, 2.24) is 4.98 Å². The fraction of sp³-hybridized carbons (Fsp3) is 0.111. The van der Waals surface area contributed by atoms with Gasteiger partial charge in [-0.15, -0.1) is 11.3 Å². The Morgan fingerprint density at radius 3 is 2.46 bits per heavy atom. The Kier molecular flexibility index (Phi) is 5.19. The number of nitrogens with zero attached hydrogens (tertiary/aromatic N) is 1. The maximum absolute atomic E-state index is 12.1. The first-order valence-electron chi connectivity index (χ1n) is 7.28. The van der Waals surface area contributed by atoms with E-state index in [1.165, 1.54) is 11.3 Å². The second-order valence-corrected chi connectivity index (χ2v) is 7.00. The van der Waals surface area contributed by atoms with E-state index in [-0.39, 0.29) is 12.3 Å². The summed E-state index contributed by atoms with van der Waals surface area (Å²) in [6.07, 6.45) is 0.201. The molecule has 1 aromatic heterocycles. The van der Waals surface area contributed by atoms with Crippen LogP contribution in [0.2, 0.25) is 10.0 Å². The zero-order chi connectivity index (χ0) is 17.1. The number of thiazole rings is 1. The summed E-state index contributed by atoms with van der Waals surface area (Å²) in [5, 5.41) is 6.52. The van der Waals surface area contributed by atoms with Crippen molar-refractivity contribution in [2.24, 2.45) is 0 Å². The number of amides is 1. The predicted octanol–water partition coefficient (Wildman–Crippen LogP) is 5.61. The molecule has 6 heteroatoms. The molecule has 3 nitrogen and oxygen atoms in total. The van der Waals surface area contributed by atoms with Gasteiger partial charge in [0.2, 0.25) is 5.91 Å². The Morgan fingerprint density at radius 1 is 1.12 bits per heavy atom. The number of carbonyl (C=O) groups is 1. The van der Waals surface area contributed by atoms with E-state index in [0.717, 1.165) is 11.3 Å². The van der Waals surface area contributed by atoms with E-state index in [1.807, 2.05) is 36.6 Å². The van der Waals surface area contributed by atoms with Crippen molar-refractivity contribution in [2.75, 3.05) is 5.32 Å². The summed E-state index contributed by atoms with van der Waals surface area (Å²) >= 11 is 13.8. The van der Waals surface area contributed by atoms with Crippen LogP contribution >= 0.6 is 34.5 Å². The van der Waals surface area contributed by atoms with Crippen LogP contribution in [0.3, 0.4) is 0 Å². The monoisotopic (exact) mass is 376 g/mol. The minimum atomic E-state index is -0.110. The average Bonchev–Trinajstić information content (AvgIpc) is 2.97. The molecule has 0 aliphatic rings. The highest BCUT2D eigenvalue weighted by Gasteiger charge is 2.14. The van der Waals surface area contributed by atoms with Crippen molar-refractivity contribution < 1.29 is 4.79 Å². The summed E-state index contributed by atoms with van der Waals surface area (Å²) in [5.41, 5.74) is 3.32. The molecule has 1 N–H and O–H groups in total. The Labute approximate surface area is 154 Å². The number of hydrogen-bond donors (Lipinski definition) is 1. The zero-order valence-corrected chi connectivity index (χ0v) is 15.2. The van der Waals surface area contributed by atoms with E-state index < -0.39 is 0 Å². The number of aryl methyl sites for hydroxylation is 1. The number of anilines is 1. The fourth-order valence-corrected chi connectivity index (χ4v) is 3.79. The normalized spacial score (nSPS) is 10.6. The number of rotatable bonds is 4. The third-order valence-corrected chi connectivity index (χ3v) is 4.94. The Balaban J connectivity index is 1.72. The molecular weight excluding hydrogens is 363 g/mol. The van der Waals surface area contributed by atoms with E-state index in [0.29, 0.717) is 26.3 Å². The van der Waals surface area contributed by atoms with Crippen molar-refractivity contribution >= 4 is 46.1 Å². The van der Waals surface area contributed by atoms with Crippen molar-refractivity contribution in [1.29, 1.82) is 0 Å². The standard InChI is InChI=1S/C18H14Cl2N2OS/c1-11-5-7-12(8-6-11)21-16(23)9-13-10-24-18(22-13)17-14(19)3-2-4-15(17)20/h2-8,10H,9H2,1H3,(H,21,23). The van der Waals surface area contributed by atoms with Gasteiger partial charge < -0.3 is 5.32 Å². The van der Waals surface area contributed by atoms with Crippen LogP contribution in [0.4, 0.5) is 5.69 Å². The van der Waals surface area contributed by atoms with Gasteiger partial charge in [-0.2, -0.15) is 0 Å². The minimum absolute atomic E-state index is 0.110. The molecule has 122 valence electrons. The molecule has 0 saturated carbocycles. The molecule has 0 spiro atoms. The van der Waals surface area contributed by atoms with Crippen molar-refractivity contribution in [3.05, 3.63) is 69.1 Å². The first-order valence-corrected chi connectivity index (χ1v) is 8.92. The second-order valence-electron chi connectivity index (χ2n) is 5.33. The van der Waals surface area contributed by atoms with Crippen LogP contribution in [-0.4, -0.2) is 10.9 Å². The molecule has 24 heavy (non-hydrogen) atoms. The lowest BCUT2D eigenvalue weighted by molar-refractivity contribution is -0.115. The van der Waals surface area contributed by atoms with E-state index >= 15 is 0 Å². The molecule has 2 aromatic carbocycles. The van der Waals surface area contributed by atoms with E-state index in [2.05, 4.69) is 10.3 Å². The molecule has 0 fully saturated rings. The highest BCUT2D eigenvalue weighted by atomic mass is 35.5. The molecule has 0 bridgehead atoms. The van der Waals surface area contributed by atoms with Gasteiger partial charge in [0, 0.05) is 16.6 Å².